The van der Waals surface area contributed by atoms with E-state index in [1.807, 2.05) is 6.92 Å². The van der Waals surface area contributed by atoms with Crippen molar-refractivity contribution in [2.75, 3.05) is 25.5 Å². The van der Waals surface area contributed by atoms with Crippen molar-refractivity contribution < 1.29 is 17.9 Å². The van der Waals surface area contributed by atoms with Crippen LogP contribution in [-0.4, -0.2) is 38.8 Å². The molecule has 6 nitrogen and oxygen atoms in total. The van der Waals surface area contributed by atoms with E-state index in [9.17, 15) is 13.2 Å². The number of rotatable bonds is 5. The number of hydrogen-bond donors (Lipinski definition) is 1. The fraction of sp³-hybridized carbons (Fsp3) is 0.381. The first kappa shape index (κ1) is 21.6. The van der Waals surface area contributed by atoms with Crippen LogP contribution in [-0.2, 0) is 10.0 Å². The standard InChI is InChI=1S/C21H25ClN2O4S/c1-14-7-8-16(12-20(14)29(26,27)24-9-5-4-6-10-24)21(25)23-18-11-15(2)17(22)13-19(18)28-3/h7-8,11-13H,4-6,9-10H2,1-3H3,(H,23,25). The van der Waals surface area contributed by atoms with Gasteiger partial charge in [0.05, 0.1) is 17.7 Å². The fourth-order valence-corrected chi connectivity index (χ4v) is 5.31. The lowest BCUT2D eigenvalue weighted by Crippen LogP contribution is -2.36. The molecule has 1 heterocycles. The lowest BCUT2D eigenvalue weighted by atomic mass is 10.1. The number of aryl methyl sites for hydroxylation is 2. The first-order valence-electron chi connectivity index (χ1n) is 9.50. The lowest BCUT2D eigenvalue weighted by molar-refractivity contribution is 0.102. The SMILES string of the molecule is COc1cc(Cl)c(C)cc1NC(=O)c1ccc(C)c(S(=O)(=O)N2CCCCC2)c1. The van der Waals surface area contributed by atoms with E-state index in [0.29, 0.717) is 35.1 Å². The second-order valence-electron chi connectivity index (χ2n) is 7.20. The predicted octanol–water partition coefficient (Wildman–Crippen LogP) is 4.39. The number of halogens is 1. The Hall–Kier alpha value is -2.09. The zero-order valence-electron chi connectivity index (χ0n) is 16.8. The van der Waals surface area contributed by atoms with E-state index < -0.39 is 15.9 Å². The monoisotopic (exact) mass is 436 g/mol. The fourth-order valence-electron chi connectivity index (χ4n) is 3.39. The molecule has 0 spiro atoms. The van der Waals surface area contributed by atoms with Crippen LogP contribution in [0.5, 0.6) is 5.75 Å². The Bertz CT molecular complexity index is 1030. The van der Waals surface area contributed by atoms with Crippen molar-refractivity contribution in [1.82, 2.24) is 4.31 Å². The van der Waals surface area contributed by atoms with Gasteiger partial charge in [0.25, 0.3) is 5.91 Å². The molecule has 0 atom stereocenters. The Morgan fingerprint density at radius 3 is 2.41 bits per heavy atom. The van der Waals surface area contributed by atoms with E-state index in [1.54, 1.807) is 31.2 Å². The first-order valence-corrected chi connectivity index (χ1v) is 11.3. The average molecular weight is 437 g/mol. The van der Waals surface area contributed by atoms with Crippen LogP contribution in [0.3, 0.4) is 0 Å². The van der Waals surface area contributed by atoms with Gasteiger partial charge in [0, 0.05) is 29.7 Å². The van der Waals surface area contributed by atoms with Gasteiger partial charge in [0.15, 0.2) is 0 Å². The van der Waals surface area contributed by atoms with Crippen LogP contribution in [0.15, 0.2) is 35.2 Å². The molecule has 2 aromatic rings. The molecule has 0 aromatic heterocycles. The summed E-state index contributed by atoms with van der Waals surface area (Å²) in [5.74, 6) is 0.0161. The van der Waals surface area contributed by atoms with E-state index in [-0.39, 0.29) is 10.5 Å². The summed E-state index contributed by atoms with van der Waals surface area (Å²) in [7, 11) is -2.14. The molecule has 29 heavy (non-hydrogen) atoms. The van der Waals surface area contributed by atoms with Gasteiger partial charge in [0.2, 0.25) is 10.0 Å². The summed E-state index contributed by atoms with van der Waals surface area (Å²) in [6.07, 6.45) is 2.75. The molecule has 0 unspecified atom stereocenters. The number of amides is 1. The Kier molecular flexibility index (Phi) is 6.51. The summed E-state index contributed by atoms with van der Waals surface area (Å²) >= 11 is 6.12. The number of hydrogen-bond acceptors (Lipinski definition) is 4. The van der Waals surface area contributed by atoms with Gasteiger partial charge in [-0.3, -0.25) is 4.79 Å². The summed E-state index contributed by atoms with van der Waals surface area (Å²) < 4.78 is 33.0. The van der Waals surface area contributed by atoms with Gasteiger partial charge in [-0.15, -0.1) is 0 Å². The summed E-state index contributed by atoms with van der Waals surface area (Å²) in [5.41, 5.74) is 2.15. The van der Waals surface area contributed by atoms with Gasteiger partial charge in [-0.05, 0) is 56.0 Å². The number of piperidine rings is 1. The Labute approximate surface area is 176 Å². The minimum Gasteiger partial charge on any atom is -0.495 e. The van der Waals surface area contributed by atoms with Crippen molar-refractivity contribution in [3.63, 3.8) is 0 Å². The zero-order chi connectivity index (χ0) is 21.2. The Morgan fingerprint density at radius 2 is 1.76 bits per heavy atom. The molecular weight excluding hydrogens is 412 g/mol. The zero-order valence-corrected chi connectivity index (χ0v) is 18.4. The highest BCUT2D eigenvalue weighted by molar-refractivity contribution is 7.89. The molecule has 1 saturated heterocycles. The van der Waals surface area contributed by atoms with E-state index in [2.05, 4.69) is 5.32 Å². The molecule has 0 saturated carbocycles. The number of carbonyl (C=O) groups excluding carboxylic acids is 1. The highest BCUT2D eigenvalue weighted by Crippen LogP contribution is 2.31. The van der Waals surface area contributed by atoms with Crippen LogP contribution in [0.25, 0.3) is 0 Å². The molecule has 1 aliphatic rings. The Balaban J connectivity index is 1.92. The van der Waals surface area contributed by atoms with Gasteiger partial charge in [-0.25, -0.2) is 8.42 Å². The Morgan fingerprint density at radius 1 is 1.07 bits per heavy atom. The predicted molar refractivity (Wildman–Crippen MR) is 114 cm³/mol. The number of sulfonamides is 1. The van der Waals surface area contributed by atoms with Crippen molar-refractivity contribution in [1.29, 1.82) is 0 Å². The van der Waals surface area contributed by atoms with E-state index in [0.717, 1.165) is 24.8 Å². The summed E-state index contributed by atoms with van der Waals surface area (Å²) in [5, 5.41) is 3.32. The van der Waals surface area contributed by atoms with Gasteiger partial charge >= 0.3 is 0 Å². The van der Waals surface area contributed by atoms with Crippen LogP contribution in [0.2, 0.25) is 5.02 Å². The molecule has 3 rings (SSSR count). The molecule has 0 bridgehead atoms. The molecule has 1 amide bonds. The maximum Gasteiger partial charge on any atom is 0.255 e. The average Bonchev–Trinajstić information content (AvgIpc) is 2.71. The normalized spacial score (nSPS) is 15.2. The number of nitrogens with zero attached hydrogens (tertiary/aromatic N) is 1. The number of benzene rings is 2. The third kappa shape index (κ3) is 4.57. The van der Waals surface area contributed by atoms with Gasteiger partial charge < -0.3 is 10.1 Å². The second kappa shape index (κ2) is 8.73. The van der Waals surface area contributed by atoms with Crippen LogP contribution < -0.4 is 10.1 Å². The third-order valence-corrected chi connectivity index (χ3v) is 7.56. The molecule has 0 radical (unpaired) electrons. The summed E-state index contributed by atoms with van der Waals surface area (Å²) in [6, 6.07) is 8.08. The van der Waals surface area contributed by atoms with E-state index in [1.165, 1.54) is 17.5 Å². The molecular formula is C21H25ClN2O4S. The highest BCUT2D eigenvalue weighted by Gasteiger charge is 2.28. The topological polar surface area (TPSA) is 75.7 Å². The molecule has 1 aliphatic heterocycles. The largest absolute Gasteiger partial charge is 0.495 e. The second-order valence-corrected chi connectivity index (χ2v) is 9.51. The van der Waals surface area contributed by atoms with Gasteiger partial charge in [-0.1, -0.05) is 24.1 Å². The van der Waals surface area contributed by atoms with Crippen LogP contribution in [0.1, 0.15) is 40.7 Å². The first-order chi connectivity index (χ1) is 13.7. The quantitative estimate of drug-likeness (QED) is 0.754. The minimum absolute atomic E-state index is 0.173. The van der Waals surface area contributed by atoms with Crippen LogP contribution >= 0.6 is 11.6 Å². The summed E-state index contributed by atoms with van der Waals surface area (Å²) in [6.45, 7) is 4.59. The molecule has 0 aliphatic carbocycles. The molecule has 1 fully saturated rings. The van der Waals surface area contributed by atoms with Crippen molar-refractivity contribution in [2.24, 2.45) is 0 Å². The number of ether oxygens (including phenoxy) is 1. The maximum atomic E-state index is 13.1. The van der Waals surface area contributed by atoms with Crippen molar-refractivity contribution >= 4 is 33.2 Å². The lowest BCUT2D eigenvalue weighted by Gasteiger charge is -2.26. The van der Waals surface area contributed by atoms with Crippen molar-refractivity contribution in [2.45, 2.75) is 38.0 Å². The number of carbonyl (C=O) groups is 1. The number of nitrogens with one attached hydrogen (secondary N) is 1. The number of methoxy groups -OCH3 is 1. The van der Waals surface area contributed by atoms with Gasteiger partial charge in [0.1, 0.15) is 5.75 Å². The molecule has 2 aromatic carbocycles. The van der Waals surface area contributed by atoms with Crippen molar-refractivity contribution in [3.05, 3.63) is 52.0 Å². The van der Waals surface area contributed by atoms with Crippen LogP contribution in [0, 0.1) is 13.8 Å². The third-order valence-electron chi connectivity index (χ3n) is 5.11. The van der Waals surface area contributed by atoms with E-state index >= 15 is 0 Å². The van der Waals surface area contributed by atoms with Crippen molar-refractivity contribution in [3.8, 4) is 5.75 Å². The van der Waals surface area contributed by atoms with Crippen LogP contribution in [0.4, 0.5) is 5.69 Å². The summed E-state index contributed by atoms with van der Waals surface area (Å²) in [4.78, 5) is 13.0. The van der Waals surface area contributed by atoms with E-state index in [4.69, 9.17) is 16.3 Å². The smallest absolute Gasteiger partial charge is 0.255 e. The van der Waals surface area contributed by atoms with Gasteiger partial charge in [-0.2, -0.15) is 4.31 Å². The maximum absolute atomic E-state index is 13.1. The highest BCUT2D eigenvalue weighted by atomic mass is 35.5. The number of anilines is 1. The molecule has 1 N–H and O–H groups in total. The molecule has 8 heteroatoms. The molecule has 156 valence electrons. The minimum atomic E-state index is -3.64.